The summed E-state index contributed by atoms with van der Waals surface area (Å²) in [4.78, 5) is 0. The van der Waals surface area contributed by atoms with Gasteiger partial charge in [0.1, 0.15) is 6.07 Å². The molecule has 0 radical (unpaired) electrons. The number of benzene rings is 1. The van der Waals surface area contributed by atoms with Gasteiger partial charge in [-0.05, 0) is 37.5 Å². The van der Waals surface area contributed by atoms with Gasteiger partial charge in [0.15, 0.2) is 0 Å². The SMILES string of the molecule is Cc1ccc(NCCNC2CCCCCC2)c(C#N)c1. The quantitative estimate of drug-likeness (QED) is 0.635. The van der Waals surface area contributed by atoms with Gasteiger partial charge in [-0.1, -0.05) is 31.7 Å². The zero-order chi connectivity index (χ0) is 14.2. The molecule has 0 heterocycles. The molecule has 1 saturated carbocycles. The van der Waals surface area contributed by atoms with E-state index in [1.54, 1.807) is 0 Å². The number of hydrogen-bond donors (Lipinski definition) is 2. The highest BCUT2D eigenvalue weighted by atomic mass is 15.0. The second-order valence-corrected chi connectivity index (χ2v) is 5.73. The number of rotatable bonds is 5. The minimum atomic E-state index is 0.688. The Hall–Kier alpha value is -1.53. The summed E-state index contributed by atoms with van der Waals surface area (Å²) in [6.45, 7) is 3.84. The average Bonchev–Trinajstić information content (AvgIpc) is 2.73. The molecule has 0 saturated heterocycles. The fraction of sp³-hybridized carbons (Fsp3) is 0.588. The molecule has 20 heavy (non-hydrogen) atoms. The maximum atomic E-state index is 9.13. The Bertz CT molecular complexity index is 454. The summed E-state index contributed by atoms with van der Waals surface area (Å²) in [5, 5.41) is 16.1. The maximum absolute atomic E-state index is 9.13. The lowest BCUT2D eigenvalue weighted by atomic mass is 10.1. The Morgan fingerprint density at radius 3 is 2.60 bits per heavy atom. The number of hydrogen-bond acceptors (Lipinski definition) is 3. The molecule has 0 spiro atoms. The molecule has 1 fully saturated rings. The Morgan fingerprint density at radius 2 is 1.90 bits per heavy atom. The highest BCUT2D eigenvalue weighted by Gasteiger charge is 2.10. The first-order chi connectivity index (χ1) is 9.79. The van der Waals surface area contributed by atoms with Gasteiger partial charge in [0, 0.05) is 19.1 Å². The van der Waals surface area contributed by atoms with Crippen molar-refractivity contribution >= 4 is 5.69 Å². The molecule has 0 aliphatic heterocycles. The van der Waals surface area contributed by atoms with E-state index in [1.807, 2.05) is 25.1 Å². The summed E-state index contributed by atoms with van der Waals surface area (Å²) in [6.07, 6.45) is 8.14. The van der Waals surface area contributed by atoms with Crippen LogP contribution in [0.1, 0.15) is 49.7 Å². The molecule has 1 aromatic carbocycles. The number of nitriles is 1. The predicted octanol–water partition coefficient (Wildman–Crippen LogP) is 3.59. The molecule has 1 aromatic rings. The summed E-state index contributed by atoms with van der Waals surface area (Å²) in [6, 6.07) is 8.91. The molecule has 0 amide bonds. The fourth-order valence-electron chi connectivity index (χ4n) is 2.86. The van der Waals surface area contributed by atoms with Crippen molar-refractivity contribution in [3.63, 3.8) is 0 Å². The molecule has 0 atom stereocenters. The van der Waals surface area contributed by atoms with Crippen LogP contribution in [0, 0.1) is 18.3 Å². The molecule has 1 aliphatic rings. The fourth-order valence-corrected chi connectivity index (χ4v) is 2.86. The summed E-state index contributed by atoms with van der Waals surface area (Å²) < 4.78 is 0. The van der Waals surface area contributed by atoms with Crippen LogP contribution in [-0.2, 0) is 0 Å². The maximum Gasteiger partial charge on any atom is 0.101 e. The van der Waals surface area contributed by atoms with Crippen LogP contribution in [0.25, 0.3) is 0 Å². The van der Waals surface area contributed by atoms with Crippen LogP contribution >= 0.6 is 0 Å². The molecule has 3 heteroatoms. The van der Waals surface area contributed by atoms with Crippen LogP contribution in [-0.4, -0.2) is 19.1 Å². The number of nitrogens with zero attached hydrogens (tertiary/aromatic N) is 1. The lowest BCUT2D eigenvalue weighted by Gasteiger charge is -2.17. The molecular formula is C17H25N3. The molecule has 0 aromatic heterocycles. The van der Waals surface area contributed by atoms with E-state index in [0.29, 0.717) is 6.04 Å². The van der Waals surface area contributed by atoms with Gasteiger partial charge in [0.2, 0.25) is 0 Å². The van der Waals surface area contributed by atoms with Crippen molar-refractivity contribution in [3.8, 4) is 6.07 Å². The van der Waals surface area contributed by atoms with Crippen molar-refractivity contribution in [1.29, 1.82) is 5.26 Å². The molecule has 3 nitrogen and oxygen atoms in total. The van der Waals surface area contributed by atoms with Gasteiger partial charge < -0.3 is 10.6 Å². The van der Waals surface area contributed by atoms with Crippen LogP contribution in [0.4, 0.5) is 5.69 Å². The Labute approximate surface area is 122 Å². The lowest BCUT2D eigenvalue weighted by Crippen LogP contribution is -2.32. The summed E-state index contributed by atoms with van der Waals surface area (Å²) in [7, 11) is 0. The van der Waals surface area contributed by atoms with Crippen LogP contribution in [0.15, 0.2) is 18.2 Å². The van der Waals surface area contributed by atoms with Crippen molar-refractivity contribution < 1.29 is 0 Å². The van der Waals surface area contributed by atoms with Crippen molar-refractivity contribution in [2.45, 2.75) is 51.5 Å². The summed E-state index contributed by atoms with van der Waals surface area (Å²) in [5.41, 5.74) is 2.81. The predicted molar refractivity (Wildman–Crippen MR) is 83.9 cm³/mol. The van der Waals surface area contributed by atoms with E-state index >= 15 is 0 Å². The molecular weight excluding hydrogens is 246 g/mol. The third-order valence-electron chi connectivity index (χ3n) is 4.02. The summed E-state index contributed by atoms with van der Waals surface area (Å²) in [5.74, 6) is 0. The number of anilines is 1. The van der Waals surface area contributed by atoms with E-state index < -0.39 is 0 Å². The van der Waals surface area contributed by atoms with E-state index in [4.69, 9.17) is 5.26 Å². The Kier molecular flexibility index (Phi) is 5.88. The minimum absolute atomic E-state index is 0.688. The first-order valence-corrected chi connectivity index (χ1v) is 7.77. The lowest BCUT2D eigenvalue weighted by molar-refractivity contribution is 0.468. The van der Waals surface area contributed by atoms with Gasteiger partial charge in [-0.25, -0.2) is 0 Å². The van der Waals surface area contributed by atoms with Gasteiger partial charge in [-0.3, -0.25) is 0 Å². The number of aryl methyl sites for hydroxylation is 1. The van der Waals surface area contributed by atoms with E-state index in [0.717, 1.165) is 29.9 Å². The molecule has 0 bridgehead atoms. The Balaban J connectivity index is 1.74. The van der Waals surface area contributed by atoms with Gasteiger partial charge in [0.25, 0.3) is 0 Å². The second-order valence-electron chi connectivity index (χ2n) is 5.73. The van der Waals surface area contributed by atoms with E-state index in [9.17, 15) is 0 Å². The van der Waals surface area contributed by atoms with Gasteiger partial charge in [0.05, 0.1) is 11.3 Å². The standard InChI is InChI=1S/C17H25N3/c1-14-8-9-17(15(12-14)13-18)20-11-10-19-16-6-4-2-3-5-7-16/h8-9,12,16,19-20H,2-7,10-11H2,1H3. The van der Waals surface area contributed by atoms with Crippen molar-refractivity contribution in [3.05, 3.63) is 29.3 Å². The van der Waals surface area contributed by atoms with E-state index in [-0.39, 0.29) is 0 Å². The highest BCUT2D eigenvalue weighted by molar-refractivity contribution is 5.58. The number of nitrogens with one attached hydrogen (secondary N) is 2. The monoisotopic (exact) mass is 271 g/mol. The van der Waals surface area contributed by atoms with Gasteiger partial charge >= 0.3 is 0 Å². The first-order valence-electron chi connectivity index (χ1n) is 7.77. The largest absolute Gasteiger partial charge is 0.383 e. The van der Waals surface area contributed by atoms with Crippen LogP contribution in [0.5, 0.6) is 0 Å². The van der Waals surface area contributed by atoms with E-state index in [1.165, 1.54) is 38.5 Å². The zero-order valence-electron chi connectivity index (χ0n) is 12.4. The van der Waals surface area contributed by atoms with Crippen LogP contribution in [0.2, 0.25) is 0 Å². The van der Waals surface area contributed by atoms with Crippen molar-refractivity contribution in [2.75, 3.05) is 18.4 Å². The normalized spacial score (nSPS) is 16.4. The topological polar surface area (TPSA) is 47.8 Å². The smallest absolute Gasteiger partial charge is 0.101 e. The van der Waals surface area contributed by atoms with Gasteiger partial charge in [-0.15, -0.1) is 0 Å². The highest BCUT2D eigenvalue weighted by Crippen LogP contribution is 2.17. The van der Waals surface area contributed by atoms with Crippen molar-refractivity contribution in [1.82, 2.24) is 5.32 Å². The van der Waals surface area contributed by atoms with Gasteiger partial charge in [-0.2, -0.15) is 5.26 Å². The van der Waals surface area contributed by atoms with Crippen molar-refractivity contribution in [2.24, 2.45) is 0 Å². The first kappa shape index (κ1) is 14.9. The molecule has 2 N–H and O–H groups in total. The average molecular weight is 271 g/mol. The third-order valence-corrected chi connectivity index (χ3v) is 4.02. The van der Waals surface area contributed by atoms with E-state index in [2.05, 4.69) is 16.7 Å². The van der Waals surface area contributed by atoms with Crippen LogP contribution in [0.3, 0.4) is 0 Å². The third kappa shape index (κ3) is 4.54. The second kappa shape index (κ2) is 7.91. The Morgan fingerprint density at radius 1 is 1.15 bits per heavy atom. The van der Waals surface area contributed by atoms with Crippen LogP contribution < -0.4 is 10.6 Å². The molecule has 108 valence electrons. The molecule has 2 rings (SSSR count). The minimum Gasteiger partial charge on any atom is -0.383 e. The molecule has 1 aliphatic carbocycles. The zero-order valence-corrected chi connectivity index (χ0v) is 12.4. The summed E-state index contributed by atoms with van der Waals surface area (Å²) >= 11 is 0. The molecule has 0 unspecified atom stereocenters.